The van der Waals surface area contributed by atoms with E-state index in [-0.39, 0.29) is 18.2 Å². The van der Waals surface area contributed by atoms with E-state index in [2.05, 4.69) is 10.4 Å². The lowest BCUT2D eigenvalue weighted by Gasteiger charge is -2.23. The van der Waals surface area contributed by atoms with Crippen LogP contribution in [0, 0.1) is 0 Å². The molecule has 1 N–H and O–H groups in total. The predicted molar refractivity (Wildman–Crippen MR) is 72.5 cm³/mol. The van der Waals surface area contributed by atoms with Crippen LogP contribution < -0.4 is 5.32 Å². The van der Waals surface area contributed by atoms with E-state index in [0.717, 1.165) is 5.56 Å². The number of fused-ring (bicyclic) bond motifs is 1. The molecule has 1 heterocycles. The van der Waals surface area contributed by atoms with Crippen molar-refractivity contribution in [3.05, 3.63) is 35.4 Å². The van der Waals surface area contributed by atoms with Crippen LogP contribution in [0.15, 0.2) is 29.4 Å². The van der Waals surface area contributed by atoms with E-state index in [4.69, 9.17) is 0 Å². The summed E-state index contributed by atoms with van der Waals surface area (Å²) < 4.78 is 0. The molecule has 2 amide bonds. The average molecular weight is 259 g/mol. The number of nitrogens with zero attached hydrogens (tertiary/aromatic N) is 2. The zero-order chi connectivity index (χ0) is 13.7. The molecule has 0 bridgehead atoms. The van der Waals surface area contributed by atoms with Crippen LogP contribution >= 0.6 is 0 Å². The minimum atomic E-state index is -0.249. The smallest absolute Gasteiger partial charge is 0.228 e. The largest absolute Gasteiger partial charge is 0.296 e. The molecule has 0 aliphatic carbocycles. The van der Waals surface area contributed by atoms with Gasteiger partial charge in [0.15, 0.2) is 0 Å². The number of amides is 2. The number of hydrogen-bond acceptors (Lipinski definition) is 4. The summed E-state index contributed by atoms with van der Waals surface area (Å²) in [4.78, 5) is 22.6. The van der Waals surface area contributed by atoms with E-state index in [9.17, 15) is 9.59 Å². The van der Waals surface area contributed by atoms with E-state index in [0.29, 0.717) is 19.5 Å². The van der Waals surface area contributed by atoms with Crippen molar-refractivity contribution in [1.82, 2.24) is 10.3 Å². The van der Waals surface area contributed by atoms with Gasteiger partial charge in [-0.3, -0.25) is 19.9 Å². The lowest BCUT2D eigenvalue weighted by atomic mass is 10.1. The number of nitrogens with one attached hydrogen (secondary N) is 1. The van der Waals surface area contributed by atoms with Crippen molar-refractivity contribution >= 4 is 18.0 Å². The molecule has 5 nitrogen and oxygen atoms in total. The van der Waals surface area contributed by atoms with Crippen LogP contribution in [0.3, 0.4) is 0 Å². The first kappa shape index (κ1) is 13.3. The Bertz CT molecular complexity index is 511. The highest BCUT2D eigenvalue weighted by atomic mass is 16.2. The van der Waals surface area contributed by atoms with Gasteiger partial charge in [-0.2, -0.15) is 5.10 Å². The number of carbonyl (C=O) groups excluding carboxylic acids is 2. The van der Waals surface area contributed by atoms with Crippen LogP contribution in [0.2, 0.25) is 0 Å². The second-order valence-electron chi connectivity index (χ2n) is 4.41. The first-order valence-corrected chi connectivity index (χ1v) is 6.38. The number of rotatable bonds is 4. The number of imide groups is 1. The molecular weight excluding hydrogens is 242 g/mol. The van der Waals surface area contributed by atoms with Gasteiger partial charge >= 0.3 is 0 Å². The highest BCUT2D eigenvalue weighted by molar-refractivity contribution is 5.95. The highest BCUT2D eigenvalue weighted by Crippen LogP contribution is 2.14. The van der Waals surface area contributed by atoms with Gasteiger partial charge in [0.2, 0.25) is 11.8 Å². The first-order valence-electron chi connectivity index (χ1n) is 6.38. The van der Waals surface area contributed by atoms with Gasteiger partial charge < -0.3 is 0 Å². The van der Waals surface area contributed by atoms with Gasteiger partial charge in [-0.05, 0) is 11.1 Å². The number of hydrazone groups is 1. The van der Waals surface area contributed by atoms with Gasteiger partial charge in [-0.1, -0.05) is 31.2 Å². The normalized spacial score (nSPS) is 13.0. The fourth-order valence-electron chi connectivity index (χ4n) is 1.86. The van der Waals surface area contributed by atoms with E-state index in [1.165, 1.54) is 5.56 Å². The third-order valence-electron chi connectivity index (χ3n) is 2.97. The summed E-state index contributed by atoms with van der Waals surface area (Å²) in [6.07, 6.45) is 2.39. The van der Waals surface area contributed by atoms with Crippen molar-refractivity contribution in [2.45, 2.75) is 26.3 Å². The van der Waals surface area contributed by atoms with Crippen molar-refractivity contribution in [2.75, 3.05) is 6.54 Å². The second kappa shape index (κ2) is 6.13. The summed E-state index contributed by atoms with van der Waals surface area (Å²) in [5.41, 5.74) is 2.31. The van der Waals surface area contributed by atoms with Crippen LogP contribution in [0.4, 0.5) is 0 Å². The molecule has 100 valence electrons. The van der Waals surface area contributed by atoms with Gasteiger partial charge in [0.05, 0.1) is 12.8 Å². The first-order chi connectivity index (χ1) is 9.19. The van der Waals surface area contributed by atoms with Crippen molar-refractivity contribution in [1.29, 1.82) is 0 Å². The molecule has 1 aliphatic rings. The van der Waals surface area contributed by atoms with E-state index in [1.54, 1.807) is 13.1 Å². The molecule has 0 saturated heterocycles. The van der Waals surface area contributed by atoms with Crippen molar-refractivity contribution < 1.29 is 9.59 Å². The molecule has 0 spiro atoms. The third-order valence-corrected chi connectivity index (χ3v) is 2.97. The standard InChI is InChI=1S/C14H17N3O2/c1-2-13(18)16-14(19)7-8-17-10-12-6-4-3-5-11(12)9-15-17/h3-6,9H,2,7-8,10H2,1H3,(H,16,18,19). The summed E-state index contributed by atoms with van der Waals surface area (Å²) in [6.45, 7) is 2.92. The maximum Gasteiger partial charge on any atom is 0.228 e. The summed E-state index contributed by atoms with van der Waals surface area (Å²) in [5.74, 6) is -0.488. The fraction of sp³-hybridized carbons (Fsp3) is 0.357. The summed E-state index contributed by atoms with van der Waals surface area (Å²) in [7, 11) is 0. The highest BCUT2D eigenvalue weighted by Gasteiger charge is 2.13. The second-order valence-corrected chi connectivity index (χ2v) is 4.41. The Morgan fingerprint density at radius 3 is 2.89 bits per heavy atom. The number of carbonyl (C=O) groups is 2. The van der Waals surface area contributed by atoms with Crippen LogP contribution in [-0.2, 0) is 16.1 Å². The van der Waals surface area contributed by atoms with Gasteiger partial charge in [0, 0.05) is 19.4 Å². The molecule has 2 rings (SSSR count). The Labute approximate surface area is 112 Å². The molecule has 1 aromatic carbocycles. The molecule has 0 saturated carbocycles. The predicted octanol–water partition coefficient (Wildman–Crippen LogP) is 1.28. The fourth-order valence-corrected chi connectivity index (χ4v) is 1.86. The maximum absolute atomic E-state index is 11.5. The zero-order valence-corrected chi connectivity index (χ0v) is 10.9. The van der Waals surface area contributed by atoms with E-state index >= 15 is 0 Å². The zero-order valence-electron chi connectivity index (χ0n) is 10.9. The van der Waals surface area contributed by atoms with Gasteiger partial charge in [-0.15, -0.1) is 0 Å². The molecule has 0 radical (unpaired) electrons. The third kappa shape index (κ3) is 3.64. The monoisotopic (exact) mass is 259 g/mol. The molecule has 1 aromatic rings. The summed E-state index contributed by atoms with van der Waals surface area (Å²) in [5, 5.41) is 8.45. The topological polar surface area (TPSA) is 61.8 Å². The van der Waals surface area contributed by atoms with Gasteiger partial charge in [0.25, 0.3) is 0 Å². The molecule has 19 heavy (non-hydrogen) atoms. The van der Waals surface area contributed by atoms with E-state index in [1.807, 2.05) is 29.3 Å². The van der Waals surface area contributed by atoms with Crippen LogP contribution in [0.25, 0.3) is 0 Å². The Morgan fingerprint density at radius 2 is 2.11 bits per heavy atom. The lowest BCUT2D eigenvalue weighted by Crippen LogP contribution is -2.33. The van der Waals surface area contributed by atoms with Crippen LogP contribution in [0.5, 0.6) is 0 Å². The maximum atomic E-state index is 11.5. The van der Waals surface area contributed by atoms with Gasteiger partial charge in [-0.25, -0.2) is 0 Å². The van der Waals surface area contributed by atoms with Crippen molar-refractivity contribution in [2.24, 2.45) is 5.10 Å². The van der Waals surface area contributed by atoms with Crippen LogP contribution in [-0.4, -0.2) is 29.6 Å². The van der Waals surface area contributed by atoms with Gasteiger partial charge in [0.1, 0.15) is 0 Å². The number of hydrogen-bond donors (Lipinski definition) is 1. The molecule has 0 aromatic heterocycles. The molecule has 0 atom stereocenters. The molecular formula is C14H17N3O2. The molecule has 5 heteroatoms. The molecule has 0 unspecified atom stereocenters. The summed E-state index contributed by atoms with van der Waals surface area (Å²) >= 11 is 0. The minimum Gasteiger partial charge on any atom is -0.296 e. The Kier molecular flexibility index (Phi) is 4.28. The summed E-state index contributed by atoms with van der Waals surface area (Å²) in [6, 6.07) is 8.03. The average Bonchev–Trinajstić information content (AvgIpc) is 2.44. The quantitative estimate of drug-likeness (QED) is 0.886. The van der Waals surface area contributed by atoms with E-state index < -0.39 is 0 Å². The van der Waals surface area contributed by atoms with Crippen LogP contribution in [0.1, 0.15) is 30.9 Å². The minimum absolute atomic E-state index is 0.238. The van der Waals surface area contributed by atoms with Crippen molar-refractivity contribution in [3.63, 3.8) is 0 Å². The molecule has 0 fully saturated rings. The number of benzene rings is 1. The lowest BCUT2D eigenvalue weighted by molar-refractivity contribution is -0.130. The Morgan fingerprint density at radius 1 is 1.32 bits per heavy atom. The van der Waals surface area contributed by atoms with Crippen molar-refractivity contribution in [3.8, 4) is 0 Å². The Hall–Kier alpha value is -2.17. The SMILES string of the molecule is CCC(=O)NC(=O)CCN1Cc2ccccc2C=N1. The Balaban J connectivity index is 1.83. The molecule has 1 aliphatic heterocycles.